The molecule has 1 amide bonds. The highest BCUT2D eigenvalue weighted by molar-refractivity contribution is 8.13. The maximum Gasteiger partial charge on any atom is 0.275 e. The molecule has 4 nitrogen and oxygen atoms in total. The maximum absolute atomic E-state index is 12.3. The number of nitrogens with zero attached hydrogens (tertiary/aromatic N) is 1. The van der Waals surface area contributed by atoms with Crippen LogP contribution in [0.1, 0.15) is 16.7 Å². The molecule has 1 aliphatic rings. The van der Waals surface area contributed by atoms with Crippen molar-refractivity contribution in [3.05, 3.63) is 105 Å². The van der Waals surface area contributed by atoms with E-state index in [-0.39, 0.29) is 5.91 Å². The molecule has 7 heteroatoms. The zero-order valence-electron chi connectivity index (χ0n) is 16.3. The van der Waals surface area contributed by atoms with Crippen LogP contribution in [0.4, 0.5) is 0 Å². The van der Waals surface area contributed by atoms with Gasteiger partial charge in [-0.2, -0.15) is 0 Å². The molecule has 0 spiro atoms. The molecule has 1 aliphatic heterocycles. The van der Waals surface area contributed by atoms with E-state index in [1.165, 1.54) is 11.8 Å². The van der Waals surface area contributed by atoms with Gasteiger partial charge in [-0.3, -0.25) is 10.1 Å². The smallest absolute Gasteiger partial charge is 0.275 e. The predicted molar refractivity (Wildman–Crippen MR) is 129 cm³/mol. The summed E-state index contributed by atoms with van der Waals surface area (Å²) in [6, 6.07) is 22.7. The molecule has 0 saturated carbocycles. The third-order valence-electron chi connectivity index (χ3n) is 4.44. The van der Waals surface area contributed by atoms with Crippen molar-refractivity contribution in [3.63, 3.8) is 0 Å². The molecule has 0 aliphatic carbocycles. The highest BCUT2D eigenvalue weighted by atomic mass is 35.5. The van der Waals surface area contributed by atoms with E-state index in [1.54, 1.807) is 6.08 Å². The van der Waals surface area contributed by atoms with Gasteiger partial charge in [-0.1, -0.05) is 71.4 Å². The second kappa shape index (κ2) is 10.1. The molecular formula is C24H18Cl2N2O2S. The number of aliphatic imine (C=N–C) groups is 1. The Balaban J connectivity index is 1.40. The number of amides is 1. The average Bonchev–Trinajstić information content (AvgIpc) is 3.12. The van der Waals surface area contributed by atoms with Gasteiger partial charge in [0.2, 0.25) is 0 Å². The highest BCUT2D eigenvalue weighted by Gasteiger charge is 2.20. The van der Waals surface area contributed by atoms with Crippen LogP contribution in [0, 0.1) is 0 Å². The SMILES string of the molecule is O=C1NC(SCc2ccc(Cl)cc2)=N/C1=C\c1cccc(OCc2ccc(Cl)cc2)c1. The molecule has 0 fully saturated rings. The van der Waals surface area contributed by atoms with Crippen molar-refractivity contribution in [2.24, 2.45) is 4.99 Å². The molecule has 3 aromatic carbocycles. The molecule has 0 unspecified atom stereocenters. The predicted octanol–water partition coefficient (Wildman–Crippen LogP) is 6.33. The van der Waals surface area contributed by atoms with Gasteiger partial charge < -0.3 is 4.74 Å². The first-order chi connectivity index (χ1) is 15.0. The van der Waals surface area contributed by atoms with E-state index in [0.717, 1.165) is 16.7 Å². The van der Waals surface area contributed by atoms with Crippen LogP contribution in [0.2, 0.25) is 10.0 Å². The van der Waals surface area contributed by atoms with Crippen LogP contribution in [0.15, 0.2) is 83.5 Å². The van der Waals surface area contributed by atoms with Gasteiger partial charge in [0.15, 0.2) is 5.17 Å². The minimum Gasteiger partial charge on any atom is -0.489 e. The number of hydrogen-bond donors (Lipinski definition) is 1. The summed E-state index contributed by atoms with van der Waals surface area (Å²) in [7, 11) is 0. The summed E-state index contributed by atoms with van der Waals surface area (Å²) in [5.74, 6) is 1.19. The average molecular weight is 469 g/mol. The number of thioether (sulfide) groups is 1. The van der Waals surface area contributed by atoms with E-state index in [2.05, 4.69) is 10.3 Å². The van der Waals surface area contributed by atoms with E-state index in [0.29, 0.717) is 39.0 Å². The summed E-state index contributed by atoms with van der Waals surface area (Å²) in [6.07, 6.45) is 1.75. The van der Waals surface area contributed by atoms with Gasteiger partial charge in [-0.25, -0.2) is 4.99 Å². The largest absolute Gasteiger partial charge is 0.489 e. The Kier molecular flexibility index (Phi) is 6.97. The van der Waals surface area contributed by atoms with Crippen LogP contribution in [0.3, 0.4) is 0 Å². The molecule has 0 bridgehead atoms. The van der Waals surface area contributed by atoms with Crippen molar-refractivity contribution < 1.29 is 9.53 Å². The second-order valence-electron chi connectivity index (χ2n) is 6.80. The Morgan fingerprint density at radius 2 is 1.61 bits per heavy atom. The highest BCUT2D eigenvalue weighted by Crippen LogP contribution is 2.23. The van der Waals surface area contributed by atoms with Crippen molar-refractivity contribution in [2.75, 3.05) is 0 Å². The Hall–Kier alpha value is -2.73. The van der Waals surface area contributed by atoms with Gasteiger partial charge in [-0.05, 0) is 59.2 Å². The number of nitrogens with one attached hydrogen (secondary N) is 1. The number of halogens is 2. The topological polar surface area (TPSA) is 50.7 Å². The molecule has 31 heavy (non-hydrogen) atoms. The quantitative estimate of drug-likeness (QED) is 0.429. The van der Waals surface area contributed by atoms with Crippen molar-refractivity contribution in [2.45, 2.75) is 12.4 Å². The van der Waals surface area contributed by atoms with Crippen molar-refractivity contribution in [1.82, 2.24) is 5.32 Å². The fourth-order valence-electron chi connectivity index (χ4n) is 2.85. The first-order valence-electron chi connectivity index (χ1n) is 9.51. The van der Waals surface area contributed by atoms with Crippen LogP contribution in [0.25, 0.3) is 6.08 Å². The number of rotatable bonds is 6. The summed E-state index contributed by atoms with van der Waals surface area (Å²) in [4.78, 5) is 16.7. The van der Waals surface area contributed by atoms with E-state index >= 15 is 0 Å². The van der Waals surface area contributed by atoms with Crippen molar-refractivity contribution in [1.29, 1.82) is 0 Å². The van der Waals surface area contributed by atoms with Gasteiger partial charge in [0.25, 0.3) is 5.91 Å². The number of ether oxygens (including phenoxy) is 1. The molecular weight excluding hydrogens is 451 g/mol. The van der Waals surface area contributed by atoms with Crippen molar-refractivity contribution >= 4 is 52.1 Å². The first kappa shape index (κ1) is 21.5. The number of benzene rings is 3. The van der Waals surface area contributed by atoms with Crippen LogP contribution in [0.5, 0.6) is 5.75 Å². The van der Waals surface area contributed by atoms with E-state index in [1.807, 2.05) is 72.8 Å². The Morgan fingerprint density at radius 3 is 2.32 bits per heavy atom. The van der Waals surface area contributed by atoms with Crippen LogP contribution < -0.4 is 10.1 Å². The third-order valence-corrected chi connectivity index (χ3v) is 5.89. The molecule has 0 aromatic heterocycles. The standard InChI is InChI=1S/C24H18Cl2N2O2S/c25-19-8-4-16(5-9-19)14-30-21-3-1-2-18(12-21)13-22-23(29)28-24(27-22)31-15-17-6-10-20(26)11-7-17/h1-13H,14-15H2,(H,27,28,29)/b22-13-. The molecule has 0 radical (unpaired) electrons. The molecule has 4 rings (SSSR count). The fraction of sp³-hybridized carbons (Fsp3) is 0.0833. The second-order valence-corrected chi connectivity index (χ2v) is 8.64. The number of carbonyl (C=O) groups is 1. The minimum absolute atomic E-state index is 0.217. The van der Waals surface area contributed by atoms with Gasteiger partial charge in [0.05, 0.1) is 0 Å². The molecule has 0 atom stereocenters. The Bertz CT molecular complexity index is 1140. The number of carbonyl (C=O) groups excluding carboxylic acids is 1. The van der Waals surface area contributed by atoms with Crippen LogP contribution in [-0.4, -0.2) is 11.1 Å². The third kappa shape index (κ3) is 6.14. The lowest BCUT2D eigenvalue weighted by Crippen LogP contribution is -2.21. The summed E-state index contributed by atoms with van der Waals surface area (Å²) in [5.41, 5.74) is 3.34. The maximum atomic E-state index is 12.3. The fourth-order valence-corrected chi connectivity index (χ4v) is 3.92. The number of amidine groups is 1. The lowest BCUT2D eigenvalue weighted by molar-refractivity contribution is -0.115. The lowest BCUT2D eigenvalue weighted by atomic mass is 10.2. The lowest BCUT2D eigenvalue weighted by Gasteiger charge is -2.07. The molecule has 3 aromatic rings. The first-order valence-corrected chi connectivity index (χ1v) is 11.3. The minimum atomic E-state index is -0.217. The summed E-state index contributed by atoms with van der Waals surface area (Å²) >= 11 is 13.3. The van der Waals surface area contributed by atoms with Gasteiger partial charge in [0.1, 0.15) is 18.1 Å². The molecule has 0 saturated heterocycles. The van der Waals surface area contributed by atoms with Gasteiger partial charge >= 0.3 is 0 Å². The molecule has 156 valence electrons. The Morgan fingerprint density at radius 1 is 0.935 bits per heavy atom. The summed E-state index contributed by atoms with van der Waals surface area (Å²) in [5, 5.41) is 4.79. The summed E-state index contributed by atoms with van der Waals surface area (Å²) in [6.45, 7) is 0.432. The van der Waals surface area contributed by atoms with Crippen molar-refractivity contribution in [3.8, 4) is 5.75 Å². The zero-order valence-corrected chi connectivity index (χ0v) is 18.7. The van der Waals surface area contributed by atoms with E-state index in [4.69, 9.17) is 27.9 Å². The van der Waals surface area contributed by atoms with Crippen LogP contribution >= 0.6 is 35.0 Å². The van der Waals surface area contributed by atoms with E-state index in [9.17, 15) is 4.79 Å². The normalized spacial score (nSPS) is 14.5. The summed E-state index contributed by atoms with van der Waals surface area (Å²) < 4.78 is 5.86. The zero-order chi connectivity index (χ0) is 21.6. The van der Waals surface area contributed by atoms with Crippen LogP contribution in [-0.2, 0) is 17.2 Å². The molecule has 1 N–H and O–H groups in total. The van der Waals surface area contributed by atoms with E-state index < -0.39 is 0 Å². The Labute approximate surface area is 194 Å². The van der Waals surface area contributed by atoms with Gasteiger partial charge in [0, 0.05) is 15.8 Å². The monoisotopic (exact) mass is 468 g/mol. The number of hydrogen-bond acceptors (Lipinski definition) is 4. The molecule has 1 heterocycles. The van der Waals surface area contributed by atoms with Gasteiger partial charge in [-0.15, -0.1) is 0 Å².